The molecule has 0 spiro atoms. The number of rotatable bonds is 18. The number of nitrogens with zero attached hydrogens (tertiary/aromatic N) is 2. The van der Waals surface area contributed by atoms with Gasteiger partial charge in [-0.3, -0.25) is 19.1 Å². The molecule has 5 atom stereocenters. The first-order valence-electron chi connectivity index (χ1n) is 21.4. The van der Waals surface area contributed by atoms with Crippen molar-refractivity contribution >= 4 is 56.2 Å². The van der Waals surface area contributed by atoms with E-state index in [1.165, 1.54) is 14.2 Å². The van der Waals surface area contributed by atoms with E-state index in [9.17, 15) is 40.8 Å². The number of likely N-dealkylation sites (tertiary alicyclic amines) is 1. The highest BCUT2D eigenvalue weighted by atomic mass is 35.5. The molecule has 3 fully saturated rings. The fourth-order valence-electron chi connectivity index (χ4n) is 7.62. The zero-order valence-corrected chi connectivity index (χ0v) is 38.8. The maximum atomic E-state index is 14.7. The third kappa shape index (κ3) is 11.0. The first kappa shape index (κ1) is 49.1. The number of hydrogen-bond donors (Lipinski definition) is 3. The first-order chi connectivity index (χ1) is 30.5. The predicted octanol–water partition coefficient (Wildman–Crippen LogP) is 7.24. The van der Waals surface area contributed by atoms with Gasteiger partial charge in [0.1, 0.15) is 35.2 Å². The summed E-state index contributed by atoms with van der Waals surface area (Å²) in [7, 11) is -1.02. The second-order valence-electron chi connectivity index (χ2n) is 17.5. The number of methoxy groups -OCH3 is 2. The topological polar surface area (TPSA) is 192 Å². The molecule has 3 aliphatic rings. The summed E-state index contributed by atoms with van der Waals surface area (Å²) in [5.74, 6) is -2.80. The Hall–Kier alpha value is -5.30. The van der Waals surface area contributed by atoms with E-state index in [4.69, 9.17) is 35.5 Å². The van der Waals surface area contributed by atoms with Gasteiger partial charge in [-0.25, -0.2) is 18.2 Å². The maximum absolute atomic E-state index is 14.7. The lowest BCUT2D eigenvalue weighted by Gasteiger charge is -2.32. The van der Waals surface area contributed by atoms with Crippen LogP contribution in [0.25, 0.3) is 22.0 Å². The van der Waals surface area contributed by atoms with Crippen LogP contribution in [0, 0.1) is 11.8 Å². The van der Waals surface area contributed by atoms with Gasteiger partial charge in [0, 0.05) is 23.3 Å². The Morgan fingerprint density at radius 3 is 2.38 bits per heavy atom. The molecule has 3 N–H and O–H groups in total. The lowest BCUT2D eigenvalue weighted by atomic mass is 10.0. The van der Waals surface area contributed by atoms with Crippen LogP contribution in [0.2, 0.25) is 5.02 Å². The minimum atomic E-state index is -4.93. The van der Waals surface area contributed by atoms with E-state index in [2.05, 4.69) is 15.4 Å². The van der Waals surface area contributed by atoms with Crippen molar-refractivity contribution in [2.45, 2.75) is 120 Å². The molecule has 2 saturated carbocycles. The molecule has 1 aliphatic heterocycles. The highest BCUT2D eigenvalue weighted by Crippen LogP contribution is 2.46. The summed E-state index contributed by atoms with van der Waals surface area (Å²) in [6, 6.07) is 9.23. The van der Waals surface area contributed by atoms with Gasteiger partial charge >= 0.3 is 12.3 Å². The smallest absolute Gasteiger partial charge is 0.427 e. The lowest BCUT2D eigenvalue weighted by Crippen LogP contribution is -2.59. The van der Waals surface area contributed by atoms with Crippen LogP contribution in [0.3, 0.4) is 0 Å². The van der Waals surface area contributed by atoms with Crippen LogP contribution in [-0.4, -0.2) is 104 Å². The number of alkyl halides is 3. The molecule has 4 amide bonds. The van der Waals surface area contributed by atoms with Crippen LogP contribution in [0.15, 0.2) is 54.6 Å². The molecule has 1 aromatic heterocycles. The van der Waals surface area contributed by atoms with Gasteiger partial charge in [-0.1, -0.05) is 57.4 Å². The van der Waals surface area contributed by atoms with E-state index in [-0.39, 0.29) is 25.3 Å². The molecule has 0 radical (unpaired) electrons. The van der Waals surface area contributed by atoms with E-state index >= 15 is 0 Å². The van der Waals surface area contributed by atoms with Crippen molar-refractivity contribution in [2.24, 2.45) is 11.8 Å². The highest BCUT2D eigenvalue weighted by molar-refractivity contribution is 7.91. The average Bonchev–Trinajstić information content (AvgIpc) is 4.17. The van der Waals surface area contributed by atoms with Crippen LogP contribution in [0.5, 0.6) is 17.4 Å². The number of hydrogen-bond acceptors (Lipinski definition) is 11. The molecule has 354 valence electrons. The number of amides is 4. The van der Waals surface area contributed by atoms with Crippen molar-refractivity contribution in [1.29, 1.82) is 0 Å². The largest absolute Gasteiger partial charge is 0.497 e. The molecule has 20 heteroatoms. The molecule has 15 nitrogen and oxygen atoms in total. The lowest BCUT2D eigenvalue weighted by molar-refractivity contribution is -0.244. The molecule has 65 heavy (non-hydrogen) atoms. The van der Waals surface area contributed by atoms with Gasteiger partial charge in [0.05, 0.1) is 36.7 Å². The zero-order valence-electron chi connectivity index (χ0n) is 37.2. The van der Waals surface area contributed by atoms with Crippen LogP contribution in [-0.2, 0) is 29.1 Å². The normalized spacial score (nSPS) is 21.5. The Kier molecular flexibility index (Phi) is 14.6. The fourth-order valence-corrected chi connectivity index (χ4v) is 9.24. The summed E-state index contributed by atoms with van der Waals surface area (Å²) in [5, 5.41) is 5.86. The van der Waals surface area contributed by atoms with Crippen LogP contribution >= 0.6 is 11.6 Å². The second kappa shape index (κ2) is 19.3. The number of fused-ring (bicyclic) bond motifs is 1. The van der Waals surface area contributed by atoms with E-state index in [1.54, 1.807) is 62.4 Å². The summed E-state index contributed by atoms with van der Waals surface area (Å²) < 4.78 is 91.3. The fraction of sp³-hybridized carbons (Fsp3) is 0.533. The number of pyridine rings is 1. The molecular formula is C45H55ClF3N5O10S. The van der Waals surface area contributed by atoms with Gasteiger partial charge in [-0.15, -0.1) is 0 Å². The van der Waals surface area contributed by atoms with Crippen molar-refractivity contribution in [1.82, 2.24) is 25.2 Å². The zero-order chi connectivity index (χ0) is 47.6. The Morgan fingerprint density at radius 1 is 1.05 bits per heavy atom. The van der Waals surface area contributed by atoms with Gasteiger partial charge in [0.15, 0.2) is 0 Å². The SMILES string of the molecule is CCCC/C=C\[C@@H]1C[C@]1(NC(=O)[C@@H]1C[C@@H](Oc2nc(-c3ccc(OC)c(Cl)c3)cc3cc(OC)ccc23)CN1C(=O)[C@@H](NC(=O)OC(C)(C)C(F)(F)F)C(C)C)C(=O)NS(=O)(=O)C1CC1. The minimum absolute atomic E-state index is 0.0759. The molecule has 6 rings (SSSR count). The minimum Gasteiger partial charge on any atom is -0.497 e. The van der Waals surface area contributed by atoms with Crippen molar-refractivity contribution in [3.63, 3.8) is 0 Å². The number of sulfonamides is 1. The Labute approximate surface area is 381 Å². The summed E-state index contributed by atoms with van der Waals surface area (Å²) in [5.41, 5.74) is -3.54. The predicted molar refractivity (Wildman–Crippen MR) is 236 cm³/mol. The van der Waals surface area contributed by atoms with Crippen molar-refractivity contribution in [3.05, 3.63) is 59.6 Å². The number of allylic oxidation sites excluding steroid dienone is 1. The van der Waals surface area contributed by atoms with Gasteiger partial charge in [0.2, 0.25) is 33.3 Å². The third-order valence-corrected chi connectivity index (χ3v) is 14.0. The molecule has 0 unspecified atom stereocenters. The van der Waals surface area contributed by atoms with E-state index in [0.29, 0.717) is 71.7 Å². The molecule has 0 bridgehead atoms. The summed E-state index contributed by atoms with van der Waals surface area (Å²) in [4.78, 5) is 62.2. The van der Waals surface area contributed by atoms with Crippen LogP contribution in [0.4, 0.5) is 18.0 Å². The summed E-state index contributed by atoms with van der Waals surface area (Å²) in [6.07, 6.45) is -0.619. The Bertz CT molecular complexity index is 2450. The van der Waals surface area contributed by atoms with Crippen LogP contribution < -0.4 is 29.6 Å². The number of carbonyl (C=O) groups is 4. The number of nitrogens with one attached hydrogen (secondary N) is 3. The van der Waals surface area contributed by atoms with Crippen molar-refractivity contribution in [3.8, 4) is 28.6 Å². The molecular weight excluding hydrogens is 895 g/mol. The van der Waals surface area contributed by atoms with Crippen LogP contribution in [0.1, 0.15) is 79.6 Å². The highest BCUT2D eigenvalue weighted by Gasteiger charge is 2.62. The maximum Gasteiger partial charge on any atom is 0.427 e. The molecule has 3 aromatic rings. The van der Waals surface area contributed by atoms with E-state index in [0.717, 1.165) is 17.7 Å². The summed E-state index contributed by atoms with van der Waals surface area (Å²) >= 11 is 6.49. The number of halogens is 4. The van der Waals surface area contributed by atoms with E-state index in [1.807, 2.05) is 13.0 Å². The Balaban J connectivity index is 1.36. The molecule has 1 saturated heterocycles. The average molecular weight is 950 g/mol. The number of alkyl carbamates (subject to hydrolysis) is 1. The quantitative estimate of drug-likeness (QED) is 0.0861. The van der Waals surface area contributed by atoms with Gasteiger partial charge < -0.3 is 34.5 Å². The number of benzene rings is 2. The number of carbonyl (C=O) groups excluding carboxylic acids is 4. The first-order valence-corrected chi connectivity index (χ1v) is 23.4. The van der Waals surface area contributed by atoms with Crippen molar-refractivity contribution < 1.29 is 59.7 Å². The Morgan fingerprint density at radius 2 is 1.77 bits per heavy atom. The number of ether oxygens (including phenoxy) is 4. The van der Waals surface area contributed by atoms with Gasteiger partial charge in [-0.05, 0) is 93.3 Å². The molecule has 2 aromatic carbocycles. The number of aromatic nitrogens is 1. The van der Waals surface area contributed by atoms with Gasteiger partial charge in [-0.2, -0.15) is 13.2 Å². The van der Waals surface area contributed by atoms with Crippen molar-refractivity contribution in [2.75, 3.05) is 20.8 Å². The summed E-state index contributed by atoms with van der Waals surface area (Å²) in [6.45, 7) is 6.18. The monoisotopic (exact) mass is 949 g/mol. The molecule has 2 heterocycles. The second-order valence-corrected chi connectivity index (χ2v) is 19.9. The molecule has 2 aliphatic carbocycles. The third-order valence-electron chi connectivity index (χ3n) is 11.9. The van der Waals surface area contributed by atoms with Gasteiger partial charge in [0.25, 0.3) is 5.91 Å². The van der Waals surface area contributed by atoms with E-state index < -0.39 is 86.4 Å². The standard InChI is InChI=1S/C45H55ClF3N5O10S/c1-8-9-10-11-12-28-23-44(28,41(57)53-65(59,60)31-15-16-31)52-38(55)35-22-30(24-54(35)40(56)37(25(2)3)51-42(58)64-43(4,5)45(47,48)49)63-39-32-17-14-29(61-6)19-27(32)21-34(50-39)26-13-18-36(62-7)33(46)20-26/h11-14,17-21,25,28,30-31,35,37H,8-10,15-16,22-24H2,1-7H3,(H,51,58)(H,52,55)(H,53,57)/b12-11-/t28-,30-,35+,37+,44-/m1/s1. The number of unbranched alkanes of at least 4 members (excludes halogenated alkanes) is 2.